The van der Waals surface area contributed by atoms with Crippen molar-refractivity contribution in [2.75, 3.05) is 13.7 Å². The molecule has 0 saturated carbocycles. The summed E-state index contributed by atoms with van der Waals surface area (Å²) < 4.78 is 12.8. The number of hydrogen-bond donors (Lipinski definition) is 1. The van der Waals surface area contributed by atoms with Crippen LogP contribution in [0.4, 0.5) is 0 Å². The number of aromatic nitrogens is 3. The zero-order chi connectivity index (χ0) is 17.1. The van der Waals surface area contributed by atoms with E-state index in [1.807, 2.05) is 38.1 Å². The van der Waals surface area contributed by atoms with E-state index in [9.17, 15) is 4.79 Å². The molecule has 1 atom stereocenters. The molecule has 0 aliphatic carbocycles. The largest absolute Gasteiger partial charge is 0.497 e. The summed E-state index contributed by atoms with van der Waals surface area (Å²) in [4.78, 5) is 12.2. The Hall–Kier alpha value is -2.41. The Labute approximate surface area is 141 Å². The minimum absolute atomic E-state index is 0.114. The second-order valence-electron chi connectivity index (χ2n) is 6.24. The van der Waals surface area contributed by atoms with Gasteiger partial charge in [0.1, 0.15) is 11.9 Å². The maximum Gasteiger partial charge on any atom is 0.273 e. The molecule has 7 heteroatoms. The Morgan fingerprint density at radius 2 is 2.17 bits per heavy atom. The maximum absolute atomic E-state index is 12.2. The maximum atomic E-state index is 12.2. The van der Waals surface area contributed by atoms with Crippen molar-refractivity contribution in [3.05, 3.63) is 41.2 Å². The molecule has 3 rings (SSSR count). The zero-order valence-electron chi connectivity index (χ0n) is 14.2. The van der Waals surface area contributed by atoms with Crippen molar-refractivity contribution in [1.82, 2.24) is 20.3 Å². The first kappa shape index (κ1) is 16.4. The van der Waals surface area contributed by atoms with Crippen molar-refractivity contribution in [2.24, 2.45) is 5.92 Å². The highest BCUT2D eigenvalue weighted by molar-refractivity contribution is 5.93. The summed E-state index contributed by atoms with van der Waals surface area (Å²) in [5.41, 5.74) is 2.12. The van der Waals surface area contributed by atoms with Gasteiger partial charge in [-0.15, -0.1) is 5.10 Å². The summed E-state index contributed by atoms with van der Waals surface area (Å²) >= 11 is 0. The van der Waals surface area contributed by atoms with Crippen LogP contribution in [0.15, 0.2) is 24.3 Å². The predicted molar refractivity (Wildman–Crippen MR) is 87.7 cm³/mol. The molecule has 1 N–H and O–H groups in total. The monoisotopic (exact) mass is 330 g/mol. The van der Waals surface area contributed by atoms with Gasteiger partial charge in [-0.3, -0.25) is 4.79 Å². The SMILES string of the molecule is COc1ccc([C@H]2Cn3nnc(C(=O)NCC(C)C)c3CO2)cc1. The summed E-state index contributed by atoms with van der Waals surface area (Å²) in [6.45, 7) is 5.55. The molecular weight excluding hydrogens is 308 g/mol. The second kappa shape index (κ2) is 7.00. The van der Waals surface area contributed by atoms with Crippen LogP contribution in [0.5, 0.6) is 5.75 Å². The molecule has 0 unspecified atom stereocenters. The van der Waals surface area contributed by atoms with E-state index < -0.39 is 0 Å². The van der Waals surface area contributed by atoms with Crippen molar-refractivity contribution in [3.63, 3.8) is 0 Å². The fourth-order valence-electron chi connectivity index (χ4n) is 2.59. The van der Waals surface area contributed by atoms with E-state index in [0.717, 1.165) is 17.0 Å². The van der Waals surface area contributed by atoms with Crippen LogP contribution in [0.25, 0.3) is 0 Å². The predicted octanol–water partition coefficient (Wildman–Crippen LogP) is 1.94. The Bertz CT molecular complexity index is 709. The molecule has 0 spiro atoms. The van der Waals surface area contributed by atoms with Gasteiger partial charge in [-0.05, 0) is 23.6 Å². The molecule has 0 fully saturated rings. The van der Waals surface area contributed by atoms with Crippen LogP contribution < -0.4 is 10.1 Å². The van der Waals surface area contributed by atoms with Gasteiger partial charge in [-0.2, -0.15) is 0 Å². The van der Waals surface area contributed by atoms with Gasteiger partial charge in [0.2, 0.25) is 0 Å². The number of methoxy groups -OCH3 is 1. The Kier molecular flexibility index (Phi) is 4.80. The smallest absolute Gasteiger partial charge is 0.273 e. The number of carbonyl (C=O) groups excluding carboxylic acids is 1. The van der Waals surface area contributed by atoms with E-state index in [4.69, 9.17) is 9.47 Å². The van der Waals surface area contributed by atoms with Crippen LogP contribution in [0.2, 0.25) is 0 Å². The second-order valence-corrected chi connectivity index (χ2v) is 6.24. The van der Waals surface area contributed by atoms with Crippen molar-refractivity contribution in [3.8, 4) is 5.75 Å². The summed E-state index contributed by atoms with van der Waals surface area (Å²) in [5.74, 6) is 0.993. The standard InChI is InChI=1S/C17H22N4O3/c1-11(2)8-18-17(22)16-14-10-24-15(9-21(14)20-19-16)12-4-6-13(23-3)7-5-12/h4-7,11,15H,8-10H2,1-3H3,(H,18,22)/t15-/m1/s1. The summed E-state index contributed by atoms with van der Waals surface area (Å²) in [6.07, 6.45) is -0.114. The molecule has 1 aromatic carbocycles. The fraction of sp³-hybridized carbons (Fsp3) is 0.471. The molecule has 128 valence electrons. The number of nitrogens with one attached hydrogen (secondary N) is 1. The van der Waals surface area contributed by atoms with E-state index >= 15 is 0 Å². The van der Waals surface area contributed by atoms with Crippen molar-refractivity contribution >= 4 is 5.91 Å². The first-order chi connectivity index (χ1) is 11.6. The minimum atomic E-state index is -0.198. The quantitative estimate of drug-likeness (QED) is 0.906. The molecule has 1 aliphatic rings. The van der Waals surface area contributed by atoms with Crippen LogP contribution in [-0.4, -0.2) is 34.6 Å². The Morgan fingerprint density at radius 1 is 1.42 bits per heavy atom. The third-order valence-corrected chi connectivity index (χ3v) is 3.97. The van der Waals surface area contributed by atoms with E-state index in [0.29, 0.717) is 31.3 Å². The number of amides is 1. The third kappa shape index (κ3) is 3.41. The first-order valence-electron chi connectivity index (χ1n) is 8.04. The van der Waals surface area contributed by atoms with Crippen LogP contribution in [0.1, 0.15) is 41.7 Å². The van der Waals surface area contributed by atoms with Gasteiger partial charge in [-0.1, -0.05) is 31.2 Å². The number of fused-ring (bicyclic) bond motifs is 1. The van der Waals surface area contributed by atoms with E-state index in [1.54, 1.807) is 11.8 Å². The molecule has 1 aliphatic heterocycles. The number of hydrogen-bond acceptors (Lipinski definition) is 5. The molecular formula is C17H22N4O3. The molecule has 1 aromatic heterocycles. The number of benzene rings is 1. The van der Waals surface area contributed by atoms with E-state index in [2.05, 4.69) is 15.6 Å². The number of rotatable bonds is 5. The Balaban J connectivity index is 1.71. The average molecular weight is 330 g/mol. The van der Waals surface area contributed by atoms with Crippen LogP contribution in [0, 0.1) is 5.92 Å². The van der Waals surface area contributed by atoms with Crippen LogP contribution in [-0.2, 0) is 17.9 Å². The summed E-state index contributed by atoms with van der Waals surface area (Å²) in [5, 5.41) is 11.0. The molecule has 0 radical (unpaired) electrons. The molecule has 1 amide bonds. The number of nitrogens with zero attached hydrogens (tertiary/aromatic N) is 3. The van der Waals surface area contributed by atoms with Gasteiger partial charge in [0.15, 0.2) is 5.69 Å². The van der Waals surface area contributed by atoms with Gasteiger partial charge < -0.3 is 14.8 Å². The summed E-state index contributed by atoms with van der Waals surface area (Å²) in [6, 6.07) is 7.75. The lowest BCUT2D eigenvalue weighted by molar-refractivity contribution is -0.00179. The molecule has 2 heterocycles. The lowest BCUT2D eigenvalue weighted by atomic mass is 10.1. The summed E-state index contributed by atoms with van der Waals surface area (Å²) in [7, 11) is 1.64. The van der Waals surface area contributed by atoms with Gasteiger partial charge in [0.05, 0.1) is 26.0 Å². The van der Waals surface area contributed by atoms with Crippen molar-refractivity contribution in [2.45, 2.75) is 33.1 Å². The van der Waals surface area contributed by atoms with Crippen LogP contribution in [0.3, 0.4) is 0 Å². The average Bonchev–Trinajstić information content (AvgIpc) is 3.03. The van der Waals surface area contributed by atoms with Crippen LogP contribution >= 0.6 is 0 Å². The zero-order valence-corrected chi connectivity index (χ0v) is 14.2. The normalized spacial score (nSPS) is 16.8. The number of carbonyl (C=O) groups is 1. The Morgan fingerprint density at radius 3 is 2.83 bits per heavy atom. The highest BCUT2D eigenvalue weighted by Gasteiger charge is 2.27. The van der Waals surface area contributed by atoms with Crippen molar-refractivity contribution < 1.29 is 14.3 Å². The number of ether oxygens (including phenoxy) is 2. The molecule has 0 saturated heterocycles. The lowest BCUT2D eigenvalue weighted by Gasteiger charge is -2.24. The lowest BCUT2D eigenvalue weighted by Crippen LogP contribution is -2.30. The molecule has 7 nitrogen and oxygen atoms in total. The molecule has 2 aromatic rings. The molecule has 24 heavy (non-hydrogen) atoms. The van der Waals surface area contributed by atoms with Gasteiger partial charge in [0, 0.05) is 6.54 Å². The highest BCUT2D eigenvalue weighted by Crippen LogP contribution is 2.28. The van der Waals surface area contributed by atoms with E-state index in [1.165, 1.54) is 0 Å². The highest BCUT2D eigenvalue weighted by atomic mass is 16.5. The molecule has 0 bridgehead atoms. The fourth-order valence-corrected chi connectivity index (χ4v) is 2.59. The van der Waals surface area contributed by atoms with Gasteiger partial charge in [0.25, 0.3) is 5.91 Å². The van der Waals surface area contributed by atoms with Gasteiger partial charge in [-0.25, -0.2) is 4.68 Å². The third-order valence-electron chi connectivity index (χ3n) is 3.97. The first-order valence-corrected chi connectivity index (χ1v) is 8.04. The topological polar surface area (TPSA) is 78.3 Å². The van der Waals surface area contributed by atoms with Crippen molar-refractivity contribution in [1.29, 1.82) is 0 Å². The van der Waals surface area contributed by atoms with E-state index in [-0.39, 0.29) is 12.0 Å². The minimum Gasteiger partial charge on any atom is -0.497 e. The van der Waals surface area contributed by atoms with Gasteiger partial charge >= 0.3 is 0 Å².